The van der Waals surface area contributed by atoms with Crippen LogP contribution in [0, 0.1) is 28.6 Å². The lowest BCUT2D eigenvalue weighted by molar-refractivity contribution is -0.186. The molecule has 6 nitrogen and oxygen atoms in total. The molecule has 0 saturated heterocycles. The maximum absolute atomic E-state index is 12.8. The molecule has 2 fully saturated rings. The van der Waals surface area contributed by atoms with E-state index in [4.69, 9.17) is 21.1 Å². The quantitative estimate of drug-likeness (QED) is 0.688. The van der Waals surface area contributed by atoms with Gasteiger partial charge in [-0.2, -0.15) is 0 Å². The van der Waals surface area contributed by atoms with E-state index in [1.807, 2.05) is 19.9 Å². The molecule has 0 amide bonds. The maximum Gasteiger partial charge on any atom is 0.331 e. The number of Topliss-reactive ketones (excluding diaryl/α,β-unsaturated/α-hetero) is 1. The first-order valence-corrected chi connectivity index (χ1v) is 10.5. The second-order valence-electron chi connectivity index (χ2n) is 9.51. The minimum Gasteiger partial charge on any atom is -0.462 e. The number of carbonyl (C=O) groups excluding carboxylic acids is 3. The van der Waals surface area contributed by atoms with Crippen LogP contribution in [0.2, 0.25) is 0 Å². The summed E-state index contributed by atoms with van der Waals surface area (Å²) < 4.78 is 11.0. The Bertz CT molecular complexity index is 861. The summed E-state index contributed by atoms with van der Waals surface area (Å²) in [6.45, 7) is 6.97. The second-order valence-corrected chi connectivity index (χ2v) is 9.92. The highest BCUT2D eigenvalue weighted by Gasteiger charge is 2.70. The van der Waals surface area contributed by atoms with Crippen molar-refractivity contribution in [2.75, 3.05) is 6.61 Å². The lowest BCUT2D eigenvalue weighted by Crippen LogP contribution is -2.59. The summed E-state index contributed by atoms with van der Waals surface area (Å²) in [4.78, 5) is 36.5. The lowest BCUT2D eigenvalue weighted by atomic mass is 9.49. The first-order valence-electron chi connectivity index (χ1n) is 10.1. The van der Waals surface area contributed by atoms with E-state index in [1.165, 1.54) is 19.9 Å². The smallest absolute Gasteiger partial charge is 0.331 e. The van der Waals surface area contributed by atoms with Crippen molar-refractivity contribution in [1.82, 2.24) is 0 Å². The van der Waals surface area contributed by atoms with Crippen molar-refractivity contribution in [3.63, 3.8) is 0 Å². The Kier molecular flexibility index (Phi) is 4.56. The average Bonchev–Trinajstić information content (AvgIpc) is 2.84. The SMILES string of the molecule is CC(=O)O[C@]1(C(C)=O)C[C@@H](O)[C@H]2[C@@H]3C=C(Cl)C4=CC(=O)OC[C@]4(C)[C@H]3CC[C@@]21C. The molecule has 7 heteroatoms. The highest BCUT2D eigenvalue weighted by molar-refractivity contribution is 6.32. The largest absolute Gasteiger partial charge is 0.462 e. The van der Waals surface area contributed by atoms with Gasteiger partial charge in [-0.1, -0.05) is 31.5 Å². The minimum atomic E-state index is -1.34. The lowest BCUT2D eigenvalue weighted by Gasteiger charge is -2.57. The highest BCUT2D eigenvalue weighted by atomic mass is 35.5. The molecule has 4 aliphatic rings. The highest BCUT2D eigenvalue weighted by Crippen LogP contribution is 2.67. The topological polar surface area (TPSA) is 89.9 Å². The van der Waals surface area contributed by atoms with Crippen LogP contribution in [0.5, 0.6) is 0 Å². The average molecular weight is 423 g/mol. The van der Waals surface area contributed by atoms with Gasteiger partial charge < -0.3 is 14.6 Å². The molecule has 158 valence electrons. The Morgan fingerprint density at radius 3 is 2.62 bits per heavy atom. The van der Waals surface area contributed by atoms with E-state index in [-0.39, 0.29) is 36.6 Å². The van der Waals surface area contributed by atoms with E-state index in [0.29, 0.717) is 11.5 Å². The van der Waals surface area contributed by atoms with Crippen molar-refractivity contribution in [3.05, 3.63) is 22.8 Å². The van der Waals surface area contributed by atoms with Gasteiger partial charge in [0.25, 0.3) is 0 Å². The monoisotopic (exact) mass is 422 g/mol. The number of ketones is 1. The number of hydrogen-bond acceptors (Lipinski definition) is 6. The minimum absolute atomic E-state index is 0.0894. The number of esters is 2. The third-order valence-electron chi connectivity index (χ3n) is 8.12. The van der Waals surface area contributed by atoms with Crippen LogP contribution in [0.25, 0.3) is 0 Å². The molecule has 29 heavy (non-hydrogen) atoms. The molecule has 0 unspecified atom stereocenters. The molecular formula is C22H27ClO6. The molecule has 0 spiro atoms. The number of ether oxygens (including phenoxy) is 2. The normalized spacial score (nSPS) is 45.8. The predicted molar refractivity (Wildman–Crippen MR) is 105 cm³/mol. The molecule has 0 aromatic carbocycles. The molecule has 2 saturated carbocycles. The zero-order valence-corrected chi connectivity index (χ0v) is 17.9. The number of halogens is 1. The van der Waals surface area contributed by atoms with E-state index in [2.05, 4.69) is 0 Å². The Balaban J connectivity index is 1.84. The van der Waals surface area contributed by atoms with Gasteiger partial charge in [0.1, 0.15) is 6.61 Å². The second kappa shape index (κ2) is 6.42. The fourth-order valence-corrected chi connectivity index (χ4v) is 7.23. The van der Waals surface area contributed by atoms with Gasteiger partial charge >= 0.3 is 11.9 Å². The number of hydrogen-bond donors (Lipinski definition) is 1. The first-order chi connectivity index (χ1) is 13.5. The Labute approximate surface area is 175 Å². The fraction of sp³-hybridized carbons (Fsp3) is 0.682. The number of allylic oxidation sites excluding steroid dienone is 2. The zero-order valence-electron chi connectivity index (χ0n) is 17.2. The first kappa shape index (κ1) is 20.6. The van der Waals surface area contributed by atoms with Crippen LogP contribution < -0.4 is 0 Å². The zero-order chi connectivity index (χ0) is 21.4. The summed E-state index contributed by atoms with van der Waals surface area (Å²) in [6.07, 6.45) is 4.03. The molecule has 0 radical (unpaired) electrons. The molecule has 3 aliphatic carbocycles. The van der Waals surface area contributed by atoms with Crippen LogP contribution in [0.15, 0.2) is 22.8 Å². The Hall–Kier alpha value is -1.66. The number of carbonyl (C=O) groups is 3. The Morgan fingerprint density at radius 2 is 2.00 bits per heavy atom. The van der Waals surface area contributed by atoms with Crippen molar-refractivity contribution in [2.45, 2.75) is 58.7 Å². The van der Waals surface area contributed by atoms with Crippen LogP contribution in [-0.2, 0) is 23.9 Å². The van der Waals surface area contributed by atoms with Crippen molar-refractivity contribution in [2.24, 2.45) is 28.6 Å². The van der Waals surface area contributed by atoms with Crippen molar-refractivity contribution < 1.29 is 29.0 Å². The van der Waals surface area contributed by atoms with Gasteiger partial charge in [0.05, 0.1) is 6.10 Å². The van der Waals surface area contributed by atoms with E-state index in [0.717, 1.165) is 12.0 Å². The fourth-order valence-electron chi connectivity index (χ4n) is 6.81. The third-order valence-corrected chi connectivity index (χ3v) is 8.45. The summed E-state index contributed by atoms with van der Waals surface area (Å²) in [5.41, 5.74) is -1.72. The molecule has 1 N–H and O–H groups in total. The van der Waals surface area contributed by atoms with E-state index in [1.54, 1.807) is 0 Å². The molecule has 0 aromatic rings. The number of cyclic esters (lactones) is 1. The third kappa shape index (κ3) is 2.61. The van der Waals surface area contributed by atoms with Crippen molar-refractivity contribution in [1.29, 1.82) is 0 Å². The standard InChI is InChI=1S/C22H27ClO6/c1-11(24)22(29-12(2)25)9-17(26)19-13-7-16(23)15-8-18(27)28-10-20(15,3)14(13)5-6-21(19,22)4/h7-8,13-14,17,19,26H,5-6,9-10H2,1-4H3/t13-,14+,17-,19-,20-,21+,22+/m1/s1. The molecule has 1 aliphatic heterocycles. The van der Waals surface area contributed by atoms with Gasteiger partial charge in [0.15, 0.2) is 11.4 Å². The van der Waals surface area contributed by atoms with Gasteiger partial charge in [-0.05, 0) is 37.2 Å². The molecule has 7 atom stereocenters. The van der Waals surface area contributed by atoms with Crippen LogP contribution in [0.4, 0.5) is 0 Å². The van der Waals surface area contributed by atoms with Crippen LogP contribution in [0.1, 0.15) is 47.0 Å². The molecule has 0 aromatic heterocycles. The van der Waals surface area contributed by atoms with E-state index in [9.17, 15) is 19.5 Å². The van der Waals surface area contributed by atoms with Crippen LogP contribution in [-0.4, -0.2) is 41.1 Å². The predicted octanol–water partition coefficient (Wildman–Crippen LogP) is 2.92. The van der Waals surface area contributed by atoms with Gasteiger partial charge in [-0.3, -0.25) is 9.59 Å². The summed E-state index contributed by atoms with van der Waals surface area (Å²) in [5, 5.41) is 11.6. The summed E-state index contributed by atoms with van der Waals surface area (Å²) in [7, 11) is 0. The van der Waals surface area contributed by atoms with E-state index < -0.39 is 34.5 Å². The summed E-state index contributed by atoms with van der Waals surface area (Å²) in [6, 6.07) is 0. The number of aliphatic hydroxyl groups excluding tert-OH is 1. The molecule has 4 rings (SSSR count). The van der Waals surface area contributed by atoms with Gasteiger partial charge in [0, 0.05) is 41.2 Å². The Morgan fingerprint density at radius 1 is 1.31 bits per heavy atom. The van der Waals surface area contributed by atoms with Gasteiger partial charge in [0.2, 0.25) is 0 Å². The van der Waals surface area contributed by atoms with E-state index >= 15 is 0 Å². The molecular weight excluding hydrogens is 396 g/mol. The number of fused-ring (bicyclic) bond motifs is 5. The summed E-state index contributed by atoms with van der Waals surface area (Å²) in [5.74, 6) is -1.47. The van der Waals surface area contributed by atoms with Crippen molar-refractivity contribution in [3.8, 4) is 0 Å². The van der Waals surface area contributed by atoms with Crippen LogP contribution >= 0.6 is 11.6 Å². The van der Waals surface area contributed by atoms with Gasteiger partial charge in [-0.15, -0.1) is 0 Å². The van der Waals surface area contributed by atoms with Gasteiger partial charge in [-0.25, -0.2) is 4.79 Å². The number of rotatable bonds is 2. The molecule has 1 heterocycles. The van der Waals surface area contributed by atoms with Crippen molar-refractivity contribution >= 4 is 29.3 Å². The number of aliphatic hydroxyl groups is 1. The van der Waals surface area contributed by atoms with Crippen LogP contribution in [0.3, 0.4) is 0 Å². The summed E-state index contributed by atoms with van der Waals surface area (Å²) >= 11 is 6.62. The maximum atomic E-state index is 12.8. The molecule has 0 bridgehead atoms.